The van der Waals surface area contributed by atoms with E-state index in [2.05, 4.69) is 16.8 Å². The van der Waals surface area contributed by atoms with Gasteiger partial charge in [-0.3, -0.25) is 0 Å². The zero-order chi connectivity index (χ0) is 8.10. The first kappa shape index (κ1) is 7.70. The van der Waals surface area contributed by atoms with Crippen molar-refractivity contribution in [2.24, 2.45) is 0 Å². The molecule has 0 fully saturated rings. The van der Waals surface area contributed by atoms with Crippen LogP contribution in [0.25, 0.3) is 0 Å². The fraction of sp³-hybridized carbons (Fsp3) is 0.125. The second-order valence-electron chi connectivity index (χ2n) is 2.01. The van der Waals surface area contributed by atoms with Crippen molar-refractivity contribution in [1.82, 2.24) is 4.98 Å². The van der Waals surface area contributed by atoms with Gasteiger partial charge in [-0.05, 0) is 11.6 Å². The van der Waals surface area contributed by atoms with Crippen LogP contribution in [0, 0.1) is 18.4 Å². The smallest absolute Gasteiger partial charge is 0.140 e. The highest BCUT2D eigenvalue weighted by atomic mass is 16.5. The van der Waals surface area contributed by atoms with Gasteiger partial charge in [-0.15, -0.1) is 0 Å². The van der Waals surface area contributed by atoms with Crippen molar-refractivity contribution in [1.29, 1.82) is 5.26 Å². The number of aromatic nitrogens is 1. The van der Waals surface area contributed by atoms with Gasteiger partial charge in [-0.25, -0.2) is 4.98 Å². The van der Waals surface area contributed by atoms with Crippen molar-refractivity contribution in [3.05, 3.63) is 36.7 Å². The molecule has 11 heavy (non-hydrogen) atoms. The van der Waals surface area contributed by atoms with Crippen LogP contribution in [0.4, 0.5) is 0 Å². The maximum atomic E-state index is 8.40. The monoisotopic (exact) mass is 147 g/mol. The number of hydrogen-bond donors (Lipinski definition) is 0. The van der Waals surface area contributed by atoms with Crippen molar-refractivity contribution in [3.63, 3.8) is 0 Å². The van der Waals surface area contributed by atoms with Crippen molar-refractivity contribution < 1.29 is 4.74 Å². The number of nitriles is 1. The minimum absolute atomic E-state index is 0.415. The Morgan fingerprint density at radius 1 is 1.64 bits per heavy atom. The van der Waals surface area contributed by atoms with E-state index in [1.165, 1.54) is 0 Å². The largest absolute Gasteiger partial charge is 0.374 e. The van der Waals surface area contributed by atoms with Crippen LogP contribution in [0.3, 0.4) is 0 Å². The summed E-state index contributed by atoms with van der Waals surface area (Å²) in [6.45, 7) is 0.429. The standard InChI is InChI=1S/C8H7N2O/c1-11-6-7-2-3-8(4-9)10-5-7/h2-3,5H,1,6H2. The molecule has 1 heterocycles. The summed E-state index contributed by atoms with van der Waals surface area (Å²) in [7, 11) is 3.23. The van der Waals surface area contributed by atoms with E-state index < -0.39 is 0 Å². The van der Waals surface area contributed by atoms with Gasteiger partial charge in [0.05, 0.1) is 13.7 Å². The van der Waals surface area contributed by atoms with E-state index in [1.807, 2.05) is 6.07 Å². The normalized spacial score (nSPS) is 9.09. The molecule has 0 saturated heterocycles. The van der Waals surface area contributed by atoms with Crippen molar-refractivity contribution in [2.75, 3.05) is 0 Å². The summed E-state index contributed by atoms with van der Waals surface area (Å²) in [5, 5.41) is 8.40. The summed E-state index contributed by atoms with van der Waals surface area (Å²) in [4.78, 5) is 3.85. The van der Waals surface area contributed by atoms with E-state index in [4.69, 9.17) is 5.26 Å². The van der Waals surface area contributed by atoms with Crippen LogP contribution in [0.5, 0.6) is 0 Å². The molecule has 1 aromatic rings. The Morgan fingerprint density at radius 3 is 2.91 bits per heavy atom. The van der Waals surface area contributed by atoms with E-state index in [0.717, 1.165) is 5.56 Å². The highest BCUT2D eigenvalue weighted by Gasteiger charge is 1.92. The maximum absolute atomic E-state index is 8.40. The van der Waals surface area contributed by atoms with Crippen LogP contribution in [0.15, 0.2) is 18.3 Å². The van der Waals surface area contributed by atoms with Gasteiger partial charge in [0.2, 0.25) is 0 Å². The molecule has 0 unspecified atom stereocenters. The Hall–Kier alpha value is -1.40. The zero-order valence-electron chi connectivity index (χ0n) is 5.95. The number of nitrogens with zero attached hydrogens (tertiary/aromatic N) is 2. The fourth-order valence-electron chi connectivity index (χ4n) is 0.694. The average Bonchev–Trinajstić information content (AvgIpc) is 2.07. The summed E-state index contributed by atoms with van der Waals surface area (Å²) in [5.41, 5.74) is 1.33. The maximum Gasteiger partial charge on any atom is 0.140 e. The summed E-state index contributed by atoms with van der Waals surface area (Å²) in [5.74, 6) is 0. The van der Waals surface area contributed by atoms with Gasteiger partial charge in [-0.1, -0.05) is 6.07 Å². The van der Waals surface area contributed by atoms with Gasteiger partial charge in [0.25, 0.3) is 0 Å². The Labute approximate surface area is 65.3 Å². The molecule has 0 aliphatic rings. The molecule has 3 nitrogen and oxygen atoms in total. The molecule has 0 saturated carbocycles. The van der Waals surface area contributed by atoms with Gasteiger partial charge in [-0.2, -0.15) is 5.26 Å². The van der Waals surface area contributed by atoms with E-state index in [0.29, 0.717) is 12.3 Å². The number of rotatable bonds is 2. The summed E-state index contributed by atoms with van der Waals surface area (Å²) < 4.78 is 4.63. The fourth-order valence-corrected chi connectivity index (χ4v) is 0.694. The lowest BCUT2D eigenvalue weighted by Crippen LogP contribution is -1.88. The quantitative estimate of drug-likeness (QED) is 0.632. The average molecular weight is 147 g/mol. The van der Waals surface area contributed by atoms with Crippen LogP contribution >= 0.6 is 0 Å². The van der Waals surface area contributed by atoms with Gasteiger partial charge >= 0.3 is 0 Å². The third kappa shape index (κ3) is 2.03. The molecule has 0 N–H and O–H groups in total. The summed E-state index contributed by atoms with van der Waals surface area (Å²) in [6, 6.07) is 5.36. The molecule has 0 aliphatic heterocycles. The molecule has 55 valence electrons. The number of pyridine rings is 1. The minimum atomic E-state index is 0.415. The molecular weight excluding hydrogens is 140 g/mol. The predicted molar refractivity (Wildman–Crippen MR) is 39.1 cm³/mol. The van der Waals surface area contributed by atoms with Gasteiger partial charge in [0, 0.05) is 6.20 Å². The molecule has 0 amide bonds. The van der Waals surface area contributed by atoms with Crippen LogP contribution < -0.4 is 0 Å². The second kappa shape index (κ2) is 3.69. The highest BCUT2D eigenvalue weighted by Crippen LogP contribution is 2.00. The molecule has 1 radical (unpaired) electrons. The van der Waals surface area contributed by atoms with Crippen molar-refractivity contribution in [3.8, 4) is 6.07 Å². The minimum Gasteiger partial charge on any atom is -0.374 e. The Balaban J connectivity index is 2.76. The number of ether oxygens (including phenoxy) is 1. The molecule has 1 aromatic heterocycles. The van der Waals surface area contributed by atoms with Gasteiger partial charge < -0.3 is 4.74 Å². The van der Waals surface area contributed by atoms with Crippen LogP contribution in [0.2, 0.25) is 0 Å². The topological polar surface area (TPSA) is 45.9 Å². The first-order chi connectivity index (χ1) is 5.36. The van der Waals surface area contributed by atoms with E-state index in [-0.39, 0.29) is 0 Å². The molecular formula is C8H7N2O. The Bertz CT molecular complexity index is 260. The molecule has 0 bridgehead atoms. The van der Waals surface area contributed by atoms with Crippen LogP contribution in [0.1, 0.15) is 11.3 Å². The van der Waals surface area contributed by atoms with Gasteiger partial charge in [0.1, 0.15) is 11.8 Å². The Kier molecular flexibility index (Phi) is 2.59. The summed E-state index contributed by atoms with van der Waals surface area (Å²) >= 11 is 0. The third-order valence-electron chi connectivity index (χ3n) is 1.21. The van der Waals surface area contributed by atoms with E-state index in [1.54, 1.807) is 18.3 Å². The molecule has 0 aromatic carbocycles. The lowest BCUT2D eigenvalue weighted by Gasteiger charge is -1.96. The van der Waals surface area contributed by atoms with Crippen molar-refractivity contribution >= 4 is 0 Å². The molecule has 1 rings (SSSR count). The van der Waals surface area contributed by atoms with Gasteiger partial charge in [0.15, 0.2) is 0 Å². The highest BCUT2D eigenvalue weighted by molar-refractivity contribution is 5.22. The van der Waals surface area contributed by atoms with Crippen molar-refractivity contribution in [2.45, 2.75) is 6.61 Å². The lowest BCUT2D eigenvalue weighted by molar-refractivity contribution is 0.228. The second-order valence-corrected chi connectivity index (χ2v) is 2.01. The number of hydrogen-bond acceptors (Lipinski definition) is 3. The Morgan fingerprint density at radius 2 is 2.45 bits per heavy atom. The zero-order valence-corrected chi connectivity index (χ0v) is 5.95. The van der Waals surface area contributed by atoms with Crippen LogP contribution in [-0.4, -0.2) is 4.98 Å². The van der Waals surface area contributed by atoms with E-state index >= 15 is 0 Å². The SMILES string of the molecule is [CH2]OCc1ccc(C#N)nc1. The summed E-state index contributed by atoms with van der Waals surface area (Å²) in [6.07, 6.45) is 1.60. The first-order valence-electron chi connectivity index (χ1n) is 3.09. The first-order valence-corrected chi connectivity index (χ1v) is 3.09. The molecule has 0 spiro atoms. The molecule has 3 heteroatoms. The third-order valence-corrected chi connectivity index (χ3v) is 1.21. The molecule has 0 aliphatic carbocycles. The predicted octanol–water partition coefficient (Wildman–Crippen LogP) is 1.26. The molecule has 0 atom stereocenters. The lowest BCUT2D eigenvalue weighted by atomic mass is 10.3. The van der Waals surface area contributed by atoms with Crippen LogP contribution in [-0.2, 0) is 11.3 Å². The van der Waals surface area contributed by atoms with E-state index in [9.17, 15) is 0 Å².